The summed E-state index contributed by atoms with van der Waals surface area (Å²) in [6, 6.07) is 35.0. The normalized spacial score (nSPS) is 12.2. The number of fused-ring (bicyclic) bond motifs is 3. The van der Waals surface area contributed by atoms with Crippen LogP contribution in [-0.4, -0.2) is 19.3 Å². The van der Waals surface area contributed by atoms with E-state index in [2.05, 4.69) is 170 Å². The van der Waals surface area contributed by atoms with Gasteiger partial charge in [0.1, 0.15) is 5.82 Å². The van der Waals surface area contributed by atoms with Gasteiger partial charge in [-0.25, -0.2) is 4.98 Å². The number of para-hydroxylation sites is 1. The van der Waals surface area contributed by atoms with Crippen molar-refractivity contribution in [2.45, 2.75) is 92.9 Å². The smallest absolute Gasteiger partial charge is 0.509 e. The van der Waals surface area contributed by atoms with Crippen molar-refractivity contribution >= 4 is 21.8 Å². The van der Waals surface area contributed by atoms with Crippen LogP contribution < -0.4 is 4.74 Å². The average Bonchev–Trinajstić information content (AvgIpc) is 3.58. The van der Waals surface area contributed by atoms with Crippen LogP contribution in [0.5, 0.6) is 11.5 Å². The van der Waals surface area contributed by atoms with E-state index in [4.69, 9.17) is 14.8 Å². The van der Waals surface area contributed by atoms with Gasteiger partial charge in [0.15, 0.2) is 0 Å². The molecule has 0 aliphatic rings. The van der Waals surface area contributed by atoms with Gasteiger partial charge in [0.2, 0.25) is 0 Å². The van der Waals surface area contributed by atoms with Crippen LogP contribution in [0.2, 0.25) is 0 Å². The molecule has 0 spiro atoms. The number of benzene rings is 4. The fourth-order valence-corrected chi connectivity index (χ4v) is 7.21. The topological polar surface area (TPSA) is 44.9 Å². The van der Waals surface area contributed by atoms with Gasteiger partial charge in [-0.1, -0.05) is 97.3 Å². The molecule has 0 fully saturated rings. The van der Waals surface area contributed by atoms with Gasteiger partial charge < -0.3 is 9.30 Å². The zero-order valence-corrected chi connectivity index (χ0v) is 33.7. The Kier molecular flexibility index (Phi) is 9.90. The van der Waals surface area contributed by atoms with Gasteiger partial charge in [0, 0.05) is 28.8 Å². The van der Waals surface area contributed by atoms with Crippen molar-refractivity contribution in [2.24, 2.45) is 0 Å². The molecule has 7 rings (SSSR count). The van der Waals surface area contributed by atoms with E-state index < -0.39 is 0 Å². The molecule has 0 radical (unpaired) electrons. The molecule has 0 aliphatic heterocycles. The molecule has 0 unspecified atom stereocenters. The summed E-state index contributed by atoms with van der Waals surface area (Å²) in [5.74, 6) is 2.32. The second kappa shape index (κ2) is 13.8. The largest absolute Gasteiger partial charge is 2.00 e. The Bertz CT molecular complexity index is 2410. The van der Waals surface area contributed by atoms with Gasteiger partial charge in [-0.05, 0) is 89.0 Å². The molecule has 6 heteroatoms. The molecule has 7 aromatic rings. The van der Waals surface area contributed by atoms with Crippen LogP contribution in [0.25, 0.3) is 44.4 Å². The fourth-order valence-electron chi connectivity index (χ4n) is 7.21. The monoisotopic (exact) mass is 778 g/mol. The fraction of sp³-hybridized carbons (Fsp3) is 0.304. The molecule has 0 saturated heterocycles. The zero-order valence-electron chi connectivity index (χ0n) is 32.2. The first-order valence-electron chi connectivity index (χ1n) is 18.0. The van der Waals surface area contributed by atoms with E-state index in [-0.39, 0.29) is 37.2 Å². The van der Waals surface area contributed by atoms with Crippen LogP contribution in [0.1, 0.15) is 94.9 Å². The van der Waals surface area contributed by atoms with Crippen molar-refractivity contribution in [3.05, 3.63) is 131 Å². The summed E-state index contributed by atoms with van der Waals surface area (Å²) in [7, 11) is 0. The minimum Gasteiger partial charge on any atom is -0.509 e. The van der Waals surface area contributed by atoms with Gasteiger partial charge in [-0.15, -0.1) is 41.3 Å². The van der Waals surface area contributed by atoms with Crippen molar-refractivity contribution in [1.29, 1.82) is 0 Å². The molecule has 4 aromatic carbocycles. The quantitative estimate of drug-likeness (QED) is 0.125. The van der Waals surface area contributed by atoms with E-state index in [1.807, 2.05) is 12.3 Å². The molecule has 3 heterocycles. The van der Waals surface area contributed by atoms with Crippen LogP contribution in [0, 0.1) is 32.9 Å². The van der Waals surface area contributed by atoms with Crippen molar-refractivity contribution in [3.8, 4) is 34.1 Å². The van der Waals surface area contributed by atoms with E-state index in [0.717, 1.165) is 44.6 Å². The summed E-state index contributed by atoms with van der Waals surface area (Å²) in [5.41, 5.74) is 12.2. The molecule has 0 atom stereocenters. The van der Waals surface area contributed by atoms with Crippen LogP contribution in [0.4, 0.5) is 0 Å². The number of aryl methyl sites for hydroxylation is 3. The third kappa shape index (κ3) is 6.75. The number of hydrogen-bond acceptors (Lipinski definition) is 3. The molecular weight excluding hydrogens is 731 g/mol. The summed E-state index contributed by atoms with van der Waals surface area (Å²) in [5, 5.41) is 7.43. The molecule has 0 saturated carbocycles. The number of hydrogen-bond donors (Lipinski definition) is 0. The predicted octanol–water partition coefficient (Wildman–Crippen LogP) is 12.1. The second-order valence-corrected chi connectivity index (χ2v) is 16.2. The molecule has 3 aromatic heterocycles. The standard InChI is InChI=1S/C46H48N4O.Pd/c1-28(2)44-43(42-29(3)15-14-16-30(42)4)31(5)48-50(44)34-23-33(46(9,10)11)24-36(26-34)51-35-19-20-38-37-17-12-13-18-39(37)49(40(38)27-35)41-25-32(21-22-47-41)45(6,7)8;/h12-25,28H,1-11H3;/q-2;+2. The first-order chi connectivity index (χ1) is 24.1. The number of aromatic nitrogens is 4. The Morgan fingerprint density at radius 3 is 2.06 bits per heavy atom. The summed E-state index contributed by atoms with van der Waals surface area (Å²) in [6.07, 6.45) is 1.90. The first-order valence-corrected chi connectivity index (χ1v) is 18.0. The maximum absolute atomic E-state index is 6.72. The zero-order chi connectivity index (χ0) is 36.4. The number of nitrogens with zero attached hydrogens (tertiary/aromatic N) is 4. The number of ether oxygens (including phenoxy) is 1. The predicted molar refractivity (Wildman–Crippen MR) is 211 cm³/mol. The van der Waals surface area contributed by atoms with Crippen LogP contribution in [0.3, 0.4) is 0 Å². The number of pyridine rings is 1. The van der Waals surface area contributed by atoms with E-state index in [9.17, 15) is 0 Å². The van der Waals surface area contributed by atoms with Gasteiger partial charge in [-0.3, -0.25) is 4.68 Å². The Morgan fingerprint density at radius 1 is 0.692 bits per heavy atom. The molecule has 0 N–H and O–H groups in total. The van der Waals surface area contributed by atoms with E-state index in [1.165, 1.54) is 33.5 Å². The third-order valence-corrected chi connectivity index (χ3v) is 9.92. The minimum atomic E-state index is -0.137. The Balaban J connectivity index is 0.00000464. The van der Waals surface area contributed by atoms with Crippen LogP contribution in [0.15, 0.2) is 85.1 Å². The average molecular weight is 779 g/mol. The Labute approximate surface area is 322 Å². The van der Waals surface area contributed by atoms with Crippen molar-refractivity contribution in [3.63, 3.8) is 0 Å². The van der Waals surface area contributed by atoms with Crippen LogP contribution >= 0.6 is 0 Å². The van der Waals surface area contributed by atoms with Crippen molar-refractivity contribution in [2.75, 3.05) is 0 Å². The molecule has 52 heavy (non-hydrogen) atoms. The second-order valence-electron chi connectivity index (χ2n) is 16.2. The van der Waals surface area contributed by atoms with Crippen LogP contribution in [-0.2, 0) is 31.3 Å². The molecule has 0 bridgehead atoms. The molecule has 268 valence electrons. The molecule has 5 nitrogen and oxygen atoms in total. The van der Waals surface area contributed by atoms with E-state index >= 15 is 0 Å². The Hall–Kier alpha value is -4.50. The van der Waals surface area contributed by atoms with E-state index in [1.54, 1.807) is 0 Å². The molecule has 0 amide bonds. The number of rotatable bonds is 6. The summed E-state index contributed by atoms with van der Waals surface area (Å²) < 4.78 is 11.0. The summed E-state index contributed by atoms with van der Waals surface area (Å²) in [4.78, 5) is 4.84. The molecule has 0 aliphatic carbocycles. The minimum absolute atomic E-state index is 0. The van der Waals surface area contributed by atoms with Gasteiger partial charge in [0.05, 0.1) is 11.4 Å². The SMILES string of the molecule is Cc1cccc(C)c1-c1c(C)nn(-c2[c-]c(Oc3[c-]c4c(cc3)c3ccccc3n4-c3cc(C(C)(C)C)ccn3)cc(C(C)(C)C)c2)c1C(C)C.[Pd+2]. The third-order valence-electron chi connectivity index (χ3n) is 9.92. The maximum Gasteiger partial charge on any atom is 2.00 e. The first kappa shape index (κ1) is 37.3. The maximum atomic E-state index is 6.72. The van der Waals surface area contributed by atoms with Gasteiger partial charge in [-0.2, -0.15) is 11.2 Å². The van der Waals surface area contributed by atoms with Gasteiger partial charge >= 0.3 is 20.4 Å². The Morgan fingerprint density at radius 2 is 1.38 bits per heavy atom. The van der Waals surface area contributed by atoms with Gasteiger partial charge in [0.25, 0.3) is 0 Å². The van der Waals surface area contributed by atoms with Crippen molar-refractivity contribution in [1.82, 2.24) is 19.3 Å². The van der Waals surface area contributed by atoms with Crippen molar-refractivity contribution < 1.29 is 25.2 Å². The summed E-state index contributed by atoms with van der Waals surface area (Å²) >= 11 is 0. The van der Waals surface area contributed by atoms with E-state index in [0.29, 0.717) is 11.5 Å². The molecular formula is C46H48N4OPd. The summed E-state index contributed by atoms with van der Waals surface area (Å²) in [6.45, 7) is 24.3.